The Labute approximate surface area is 156 Å². The molecule has 1 N–H and O–H groups in total. The van der Waals surface area contributed by atoms with Crippen molar-refractivity contribution in [3.63, 3.8) is 0 Å². The summed E-state index contributed by atoms with van der Waals surface area (Å²) in [7, 11) is -3.54. The van der Waals surface area contributed by atoms with Crippen LogP contribution in [0, 0.1) is 13.8 Å². The Bertz CT molecular complexity index is 837. The second-order valence-electron chi connectivity index (χ2n) is 6.83. The minimum atomic E-state index is -3.54. The van der Waals surface area contributed by atoms with Crippen molar-refractivity contribution < 1.29 is 13.2 Å². The summed E-state index contributed by atoms with van der Waals surface area (Å²) in [5.74, 6) is 0. The van der Waals surface area contributed by atoms with Crippen LogP contribution < -0.4 is 4.72 Å². The zero-order valence-corrected chi connectivity index (χ0v) is 16.1. The third kappa shape index (κ3) is 4.92. The molecule has 1 fully saturated rings. The summed E-state index contributed by atoms with van der Waals surface area (Å²) >= 11 is 0. The molecule has 2 aromatic carbocycles. The minimum Gasteiger partial charge on any atom is -0.374 e. The highest BCUT2D eigenvalue weighted by Gasteiger charge is 2.24. The molecule has 6 heteroatoms. The van der Waals surface area contributed by atoms with E-state index in [1.807, 2.05) is 44.2 Å². The predicted molar refractivity (Wildman–Crippen MR) is 103 cm³/mol. The monoisotopic (exact) mass is 374 g/mol. The molecule has 5 nitrogen and oxygen atoms in total. The maximum atomic E-state index is 12.6. The van der Waals surface area contributed by atoms with E-state index in [2.05, 4.69) is 21.8 Å². The van der Waals surface area contributed by atoms with E-state index >= 15 is 0 Å². The fourth-order valence-electron chi connectivity index (χ4n) is 3.17. The molecule has 0 bridgehead atoms. The molecule has 0 saturated carbocycles. The molecule has 0 amide bonds. The molecule has 0 radical (unpaired) electrons. The molecule has 2 aromatic rings. The van der Waals surface area contributed by atoms with Gasteiger partial charge in [-0.2, -0.15) is 0 Å². The molecule has 140 valence electrons. The van der Waals surface area contributed by atoms with Crippen molar-refractivity contribution in [3.05, 3.63) is 65.2 Å². The number of hydrogen-bond donors (Lipinski definition) is 1. The lowest BCUT2D eigenvalue weighted by Crippen LogP contribution is -2.47. The number of sulfonamides is 1. The van der Waals surface area contributed by atoms with Crippen LogP contribution in [0.4, 0.5) is 0 Å². The lowest BCUT2D eigenvalue weighted by Gasteiger charge is -2.33. The normalized spacial score (nSPS) is 18.8. The van der Waals surface area contributed by atoms with Gasteiger partial charge in [0.15, 0.2) is 0 Å². The van der Waals surface area contributed by atoms with Crippen molar-refractivity contribution in [2.24, 2.45) is 0 Å². The van der Waals surface area contributed by atoms with E-state index < -0.39 is 10.0 Å². The van der Waals surface area contributed by atoms with E-state index in [0.717, 1.165) is 24.2 Å². The summed E-state index contributed by atoms with van der Waals surface area (Å²) in [4.78, 5) is 2.64. The Balaban J connectivity index is 1.59. The molecule has 0 aliphatic carbocycles. The highest BCUT2D eigenvalue weighted by atomic mass is 32.2. The molecule has 1 heterocycles. The number of nitrogens with zero attached hydrogens (tertiary/aromatic N) is 1. The van der Waals surface area contributed by atoms with Gasteiger partial charge in [-0.1, -0.05) is 42.5 Å². The first-order valence-corrected chi connectivity index (χ1v) is 10.4. The van der Waals surface area contributed by atoms with Crippen LogP contribution >= 0.6 is 0 Å². The minimum absolute atomic E-state index is 0.146. The van der Waals surface area contributed by atoms with Crippen molar-refractivity contribution in [1.82, 2.24) is 9.62 Å². The second kappa shape index (κ2) is 8.31. The third-order valence-electron chi connectivity index (χ3n) is 4.61. The summed E-state index contributed by atoms with van der Waals surface area (Å²) in [5, 5.41) is 0. The maximum absolute atomic E-state index is 12.6. The van der Waals surface area contributed by atoms with Crippen molar-refractivity contribution >= 4 is 10.0 Å². The number of aryl methyl sites for hydroxylation is 2. The number of morpholine rings is 1. The smallest absolute Gasteiger partial charge is 0.240 e. The summed E-state index contributed by atoms with van der Waals surface area (Å²) in [6.07, 6.45) is -0.146. The third-order valence-corrected chi connectivity index (χ3v) is 6.17. The van der Waals surface area contributed by atoms with Crippen LogP contribution in [-0.2, 0) is 21.3 Å². The number of nitrogens with one attached hydrogen (secondary N) is 1. The number of benzene rings is 2. The fourth-order valence-corrected chi connectivity index (χ4v) is 4.56. The molecule has 0 unspecified atom stereocenters. The second-order valence-corrected chi connectivity index (χ2v) is 8.57. The van der Waals surface area contributed by atoms with Gasteiger partial charge in [0.1, 0.15) is 0 Å². The van der Waals surface area contributed by atoms with Gasteiger partial charge in [-0.3, -0.25) is 4.90 Å². The number of hydrogen-bond acceptors (Lipinski definition) is 4. The van der Waals surface area contributed by atoms with Gasteiger partial charge in [0.25, 0.3) is 0 Å². The Hall–Kier alpha value is -1.73. The number of ether oxygens (including phenoxy) is 1. The van der Waals surface area contributed by atoms with Crippen LogP contribution in [0.1, 0.15) is 16.7 Å². The van der Waals surface area contributed by atoms with Crippen LogP contribution in [0.3, 0.4) is 0 Å². The molecule has 0 spiro atoms. The summed E-state index contributed by atoms with van der Waals surface area (Å²) in [6, 6.07) is 15.7. The molecule has 1 aliphatic rings. The van der Waals surface area contributed by atoms with E-state index in [1.165, 1.54) is 5.56 Å². The zero-order valence-electron chi connectivity index (χ0n) is 15.3. The average Bonchev–Trinajstić information content (AvgIpc) is 2.63. The first-order chi connectivity index (χ1) is 12.4. The topological polar surface area (TPSA) is 58.6 Å². The van der Waals surface area contributed by atoms with Gasteiger partial charge in [0.05, 0.1) is 17.6 Å². The van der Waals surface area contributed by atoms with Crippen LogP contribution in [0.5, 0.6) is 0 Å². The highest BCUT2D eigenvalue weighted by Crippen LogP contribution is 2.17. The van der Waals surface area contributed by atoms with E-state index in [-0.39, 0.29) is 12.6 Å². The van der Waals surface area contributed by atoms with Gasteiger partial charge in [0, 0.05) is 26.2 Å². The highest BCUT2D eigenvalue weighted by molar-refractivity contribution is 7.89. The fraction of sp³-hybridized carbons (Fsp3) is 0.400. The zero-order chi connectivity index (χ0) is 18.6. The van der Waals surface area contributed by atoms with Gasteiger partial charge < -0.3 is 4.74 Å². The van der Waals surface area contributed by atoms with Crippen molar-refractivity contribution in [2.75, 3.05) is 26.2 Å². The Morgan fingerprint density at radius 1 is 1.15 bits per heavy atom. The van der Waals surface area contributed by atoms with E-state index in [0.29, 0.717) is 18.0 Å². The average molecular weight is 375 g/mol. The molecule has 1 saturated heterocycles. The van der Waals surface area contributed by atoms with Crippen molar-refractivity contribution in [3.8, 4) is 0 Å². The predicted octanol–water partition coefficient (Wildman–Crippen LogP) is 2.48. The van der Waals surface area contributed by atoms with Crippen molar-refractivity contribution in [1.29, 1.82) is 0 Å². The van der Waals surface area contributed by atoms with E-state index in [4.69, 9.17) is 4.74 Å². The maximum Gasteiger partial charge on any atom is 0.240 e. The Morgan fingerprint density at radius 3 is 2.69 bits per heavy atom. The lowest BCUT2D eigenvalue weighted by molar-refractivity contribution is -0.0276. The molecule has 26 heavy (non-hydrogen) atoms. The molecule has 1 atom stereocenters. The summed E-state index contributed by atoms with van der Waals surface area (Å²) < 4.78 is 33.8. The van der Waals surface area contributed by atoms with E-state index in [1.54, 1.807) is 6.07 Å². The van der Waals surface area contributed by atoms with Crippen LogP contribution in [0.15, 0.2) is 53.4 Å². The van der Waals surface area contributed by atoms with E-state index in [9.17, 15) is 8.42 Å². The van der Waals surface area contributed by atoms with Gasteiger partial charge in [-0.05, 0) is 36.6 Å². The van der Waals surface area contributed by atoms with Gasteiger partial charge in [-0.25, -0.2) is 13.1 Å². The number of rotatable bonds is 6. The SMILES string of the molecule is Cc1ccc(C)c(S(=O)(=O)NC[C@H]2CN(Cc3ccccc3)CCO2)c1. The first-order valence-electron chi connectivity index (χ1n) is 8.89. The Morgan fingerprint density at radius 2 is 1.92 bits per heavy atom. The quantitative estimate of drug-likeness (QED) is 0.844. The molecule has 1 aliphatic heterocycles. The van der Waals surface area contributed by atoms with Crippen LogP contribution in [0.25, 0.3) is 0 Å². The van der Waals surface area contributed by atoms with Crippen molar-refractivity contribution in [2.45, 2.75) is 31.4 Å². The first kappa shape index (κ1) is 19.0. The van der Waals surface area contributed by atoms with Gasteiger partial charge in [-0.15, -0.1) is 0 Å². The molecular weight excluding hydrogens is 348 g/mol. The van der Waals surface area contributed by atoms with Gasteiger partial charge in [0.2, 0.25) is 10.0 Å². The molecule has 3 rings (SSSR count). The van der Waals surface area contributed by atoms with Crippen LogP contribution in [-0.4, -0.2) is 45.7 Å². The lowest BCUT2D eigenvalue weighted by atomic mass is 10.2. The Kier molecular flexibility index (Phi) is 6.09. The van der Waals surface area contributed by atoms with Gasteiger partial charge >= 0.3 is 0 Å². The summed E-state index contributed by atoms with van der Waals surface area (Å²) in [6.45, 7) is 7.02. The van der Waals surface area contributed by atoms with Crippen LogP contribution in [0.2, 0.25) is 0 Å². The standard InChI is InChI=1S/C20H26N2O3S/c1-16-8-9-17(2)20(12-16)26(23,24)21-13-19-15-22(10-11-25-19)14-18-6-4-3-5-7-18/h3-9,12,19,21H,10-11,13-15H2,1-2H3/t19-/m0/s1. The molecule has 0 aromatic heterocycles. The largest absolute Gasteiger partial charge is 0.374 e. The molecular formula is C20H26N2O3S. The summed E-state index contributed by atoms with van der Waals surface area (Å²) in [5.41, 5.74) is 2.93.